The fraction of sp³-hybridized carbons (Fsp3) is 0.483. The standard InChI is InChI=1S/C58H71BN2S/c1-34-17-22-49-39(27-34)50-52(62-49)61(45-21-18-36(28-35(45)2)53(3,4)5)48-30-37(54(6,7)8)29-47-51(48)59(50)44-32-42-43(58(15,16)26-25-57(42,13)14)33-46(44)60(47)38-19-20-40-41(31-38)56(11,12)24-23-55(40,9)10/h17-22,27-33,39,49H,23-26H2,1-16H3. The minimum atomic E-state index is -0.0679. The smallest absolute Gasteiger partial charge is 0.249 e. The van der Waals surface area contributed by atoms with Crippen molar-refractivity contribution in [3.05, 3.63) is 134 Å². The molecule has 10 rings (SSSR count). The van der Waals surface area contributed by atoms with Crippen LogP contribution in [-0.4, -0.2) is 12.0 Å². The van der Waals surface area contributed by atoms with Gasteiger partial charge in [-0.2, -0.15) is 0 Å². The highest BCUT2D eigenvalue weighted by molar-refractivity contribution is 8.04. The van der Waals surface area contributed by atoms with Gasteiger partial charge in [0.1, 0.15) is 0 Å². The minimum Gasteiger partial charge on any atom is -0.311 e. The number of benzene rings is 4. The molecule has 6 aliphatic rings. The third-order valence-corrected chi connectivity index (χ3v) is 17.8. The molecular weight excluding hydrogens is 768 g/mol. The summed E-state index contributed by atoms with van der Waals surface area (Å²) in [6.45, 7) is 38.9. The lowest BCUT2D eigenvalue weighted by molar-refractivity contribution is 0.332. The van der Waals surface area contributed by atoms with Crippen molar-refractivity contribution >= 4 is 57.8 Å². The Hall–Kier alpha value is -3.89. The molecule has 0 aromatic heterocycles. The highest BCUT2D eigenvalue weighted by Crippen LogP contribution is 2.58. The molecule has 2 atom stereocenters. The Labute approximate surface area is 379 Å². The number of rotatable bonds is 2. The van der Waals surface area contributed by atoms with Crippen molar-refractivity contribution in [1.29, 1.82) is 0 Å². The normalized spacial score (nSPS) is 23.5. The predicted molar refractivity (Wildman–Crippen MR) is 272 cm³/mol. The zero-order valence-electron chi connectivity index (χ0n) is 40.9. The molecule has 0 amide bonds. The van der Waals surface area contributed by atoms with Gasteiger partial charge in [0.25, 0.3) is 0 Å². The fourth-order valence-corrected chi connectivity index (χ4v) is 13.6. The van der Waals surface area contributed by atoms with E-state index < -0.39 is 0 Å². The van der Waals surface area contributed by atoms with Gasteiger partial charge in [0, 0.05) is 39.6 Å². The molecule has 0 N–H and O–H groups in total. The van der Waals surface area contributed by atoms with E-state index in [0.29, 0.717) is 11.2 Å². The van der Waals surface area contributed by atoms with Crippen LogP contribution >= 0.6 is 11.8 Å². The molecule has 62 heavy (non-hydrogen) atoms. The molecule has 0 bridgehead atoms. The lowest BCUT2D eigenvalue weighted by Gasteiger charge is -2.48. The van der Waals surface area contributed by atoms with Crippen molar-refractivity contribution in [2.24, 2.45) is 5.92 Å². The van der Waals surface area contributed by atoms with E-state index in [1.54, 1.807) is 11.0 Å². The lowest BCUT2D eigenvalue weighted by atomic mass is 9.31. The van der Waals surface area contributed by atoms with Crippen molar-refractivity contribution < 1.29 is 0 Å². The molecule has 0 saturated carbocycles. The number of allylic oxidation sites excluding steroid dienone is 4. The zero-order valence-corrected chi connectivity index (χ0v) is 41.7. The molecule has 0 fully saturated rings. The van der Waals surface area contributed by atoms with Crippen molar-refractivity contribution in [3.8, 4) is 0 Å². The van der Waals surface area contributed by atoms with Crippen LogP contribution in [0.4, 0.5) is 28.4 Å². The van der Waals surface area contributed by atoms with Crippen LogP contribution in [0, 0.1) is 12.8 Å². The summed E-state index contributed by atoms with van der Waals surface area (Å²) in [6.07, 6.45) is 12.3. The summed E-state index contributed by atoms with van der Waals surface area (Å²) in [4.78, 5) is 5.48. The number of hydrogen-bond donors (Lipinski definition) is 0. The first-order valence-corrected chi connectivity index (χ1v) is 24.7. The molecule has 4 aromatic carbocycles. The van der Waals surface area contributed by atoms with E-state index in [4.69, 9.17) is 0 Å². The van der Waals surface area contributed by atoms with E-state index in [-0.39, 0.29) is 39.2 Å². The van der Waals surface area contributed by atoms with Gasteiger partial charge in [0.15, 0.2) is 0 Å². The SMILES string of the molecule is CC1=CC2C3=C(SC2C=C1)N(c1ccc(C(C)(C)C)cc1C)c1cc(C(C)(C)C)cc2c1B3c1cc3c(cc1N2c1ccc2c(c1)C(C)(C)CCC2(C)C)C(C)(C)CCC3(C)C. The van der Waals surface area contributed by atoms with E-state index in [2.05, 4.69) is 211 Å². The van der Waals surface area contributed by atoms with Gasteiger partial charge in [-0.1, -0.05) is 150 Å². The first-order valence-electron chi connectivity index (χ1n) is 23.8. The van der Waals surface area contributed by atoms with E-state index >= 15 is 0 Å². The van der Waals surface area contributed by atoms with Crippen LogP contribution in [0.2, 0.25) is 0 Å². The number of nitrogens with zero attached hydrogens (tertiary/aromatic N) is 2. The zero-order chi connectivity index (χ0) is 44.4. The van der Waals surface area contributed by atoms with E-state index in [1.807, 2.05) is 0 Å². The summed E-state index contributed by atoms with van der Waals surface area (Å²) < 4.78 is 0. The topological polar surface area (TPSA) is 6.48 Å². The van der Waals surface area contributed by atoms with Gasteiger partial charge in [0.2, 0.25) is 6.71 Å². The van der Waals surface area contributed by atoms with Crippen molar-refractivity contribution in [3.63, 3.8) is 0 Å². The van der Waals surface area contributed by atoms with Crippen LogP contribution < -0.4 is 20.7 Å². The van der Waals surface area contributed by atoms with Crippen molar-refractivity contribution in [1.82, 2.24) is 0 Å². The van der Waals surface area contributed by atoms with Crippen molar-refractivity contribution in [2.45, 2.75) is 174 Å². The van der Waals surface area contributed by atoms with Crippen LogP contribution in [0.5, 0.6) is 0 Å². The second kappa shape index (κ2) is 13.3. The Kier molecular flexibility index (Phi) is 9.05. The maximum atomic E-state index is 2.75. The van der Waals surface area contributed by atoms with Gasteiger partial charge >= 0.3 is 0 Å². The molecule has 0 radical (unpaired) electrons. The number of fused-ring (bicyclic) bond motifs is 7. The van der Waals surface area contributed by atoms with Crippen LogP contribution in [-0.2, 0) is 32.5 Å². The second-order valence-electron chi connectivity index (χ2n) is 24.9. The van der Waals surface area contributed by atoms with Gasteiger partial charge in [-0.25, -0.2) is 0 Å². The van der Waals surface area contributed by atoms with Gasteiger partial charge in [0.05, 0.1) is 5.03 Å². The van der Waals surface area contributed by atoms with Gasteiger partial charge in [-0.15, -0.1) is 11.8 Å². The van der Waals surface area contributed by atoms with Gasteiger partial charge in [-0.05, 0) is 158 Å². The Morgan fingerprint density at radius 3 is 1.74 bits per heavy atom. The highest BCUT2D eigenvalue weighted by Gasteiger charge is 2.53. The average molecular weight is 839 g/mol. The Balaban J connectivity index is 1.35. The lowest BCUT2D eigenvalue weighted by Crippen LogP contribution is -2.57. The molecule has 2 nitrogen and oxygen atoms in total. The molecule has 2 unspecified atom stereocenters. The van der Waals surface area contributed by atoms with E-state index in [1.165, 1.54) is 109 Å². The Morgan fingerprint density at radius 2 is 1.15 bits per heavy atom. The molecule has 3 aliphatic heterocycles. The molecule has 322 valence electrons. The molecule has 3 aliphatic carbocycles. The van der Waals surface area contributed by atoms with Gasteiger partial charge in [-0.3, -0.25) is 0 Å². The molecule has 4 aromatic rings. The Bertz CT molecular complexity index is 2690. The van der Waals surface area contributed by atoms with Crippen LogP contribution in [0.3, 0.4) is 0 Å². The van der Waals surface area contributed by atoms with Crippen LogP contribution in [0.1, 0.15) is 168 Å². The number of anilines is 5. The van der Waals surface area contributed by atoms with Crippen LogP contribution in [0.25, 0.3) is 0 Å². The molecule has 0 spiro atoms. The first kappa shape index (κ1) is 42.1. The Morgan fingerprint density at radius 1 is 0.581 bits per heavy atom. The molecule has 4 heteroatoms. The summed E-state index contributed by atoms with van der Waals surface area (Å²) >= 11 is 2.10. The first-order chi connectivity index (χ1) is 28.8. The molecule has 0 saturated heterocycles. The summed E-state index contributed by atoms with van der Waals surface area (Å²) in [6, 6.07) is 25.5. The summed E-state index contributed by atoms with van der Waals surface area (Å²) in [5, 5.41) is 1.80. The largest absolute Gasteiger partial charge is 0.311 e. The monoisotopic (exact) mass is 839 g/mol. The predicted octanol–water partition coefficient (Wildman–Crippen LogP) is 14.8. The maximum Gasteiger partial charge on any atom is 0.249 e. The van der Waals surface area contributed by atoms with Crippen LogP contribution in [0.15, 0.2) is 95.0 Å². The van der Waals surface area contributed by atoms with Gasteiger partial charge < -0.3 is 9.80 Å². The molecular formula is C58H71BN2S. The van der Waals surface area contributed by atoms with Crippen molar-refractivity contribution in [2.75, 3.05) is 9.80 Å². The fourth-order valence-electron chi connectivity index (χ4n) is 12.1. The maximum absolute atomic E-state index is 2.75. The van der Waals surface area contributed by atoms with E-state index in [9.17, 15) is 0 Å². The quantitative estimate of drug-likeness (QED) is 0.186. The summed E-state index contributed by atoms with van der Waals surface area (Å²) in [7, 11) is 0. The molecule has 3 heterocycles. The second-order valence-corrected chi connectivity index (χ2v) is 26.1. The number of aryl methyl sites for hydroxylation is 1. The number of thioether (sulfide) groups is 1. The highest BCUT2D eigenvalue weighted by atomic mass is 32.2. The summed E-state index contributed by atoms with van der Waals surface area (Å²) in [5.74, 6) is 0.316. The third kappa shape index (κ3) is 6.25. The minimum absolute atomic E-state index is 0.0679. The van der Waals surface area contributed by atoms with E-state index in [0.717, 1.165) is 0 Å². The number of hydrogen-bond acceptors (Lipinski definition) is 3. The third-order valence-electron chi connectivity index (χ3n) is 16.4. The summed E-state index contributed by atoms with van der Waals surface area (Å²) in [5.41, 5.74) is 23.2. The average Bonchev–Trinajstić information content (AvgIpc) is 3.55.